The zero-order chi connectivity index (χ0) is 9.26. The van der Waals surface area contributed by atoms with Gasteiger partial charge < -0.3 is 0 Å². The van der Waals surface area contributed by atoms with Crippen LogP contribution in [0.5, 0.6) is 0 Å². The fourth-order valence-corrected chi connectivity index (χ4v) is 1.10. The van der Waals surface area contributed by atoms with Crippen LogP contribution in [0, 0.1) is 0 Å². The number of rotatable bonds is 1. The average Bonchev–Trinajstić information content (AvgIpc) is 2.62. The highest BCUT2D eigenvalue weighted by atomic mass is 79.9. The van der Waals surface area contributed by atoms with Crippen molar-refractivity contribution in [3.63, 3.8) is 0 Å². The number of hydrogen-bond acceptors (Lipinski definition) is 4. The van der Waals surface area contributed by atoms with Crippen molar-refractivity contribution in [3.05, 3.63) is 22.0 Å². The van der Waals surface area contributed by atoms with Gasteiger partial charge in [-0.15, -0.1) is 0 Å². The van der Waals surface area contributed by atoms with E-state index in [0.29, 0.717) is 21.1 Å². The second-order valence-corrected chi connectivity index (χ2v) is 3.40. The number of H-pyrrole nitrogens is 1. The van der Waals surface area contributed by atoms with E-state index in [1.165, 1.54) is 6.20 Å². The minimum Gasteiger partial charge on any atom is -0.234 e. The number of nitrogens with one attached hydrogen (secondary N) is 1. The molecule has 66 valence electrons. The van der Waals surface area contributed by atoms with E-state index in [9.17, 15) is 0 Å². The molecule has 2 aromatic heterocycles. The van der Waals surface area contributed by atoms with Crippen molar-refractivity contribution >= 4 is 27.5 Å². The van der Waals surface area contributed by atoms with Crippen LogP contribution in [0.2, 0.25) is 5.15 Å². The molecule has 0 radical (unpaired) electrons. The van der Waals surface area contributed by atoms with Crippen LogP contribution < -0.4 is 0 Å². The number of aromatic nitrogens is 5. The van der Waals surface area contributed by atoms with Gasteiger partial charge in [0.05, 0.1) is 10.7 Å². The van der Waals surface area contributed by atoms with Gasteiger partial charge in [0.1, 0.15) is 10.8 Å². The van der Waals surface area contributed by atoms with Crippen LogP contribution in [-0.2, 0) is 0 Å². The highest BCUT2D eigenvalue weighted by Crippen LogP contribution is 2.21. The first-order valence-corrected chi connectivity index (χ1v) is 4.48. The summed E-state index contributed by atoms with van der Waals surface area (Å²) in [5, 5.41) is 10.3. The molecule has 0 saturated carbocycles. The lowest BCUT2D eigenvalue weighted by Gasteiger charge is -1.96. The van der Waals surface area contributed by atoms with Crippen molar-refractivity contribution in [2.75, 3.05) is 0 Å². The Kier molecular flexibility index (Phi) is 2.24. The molecule has 0 unspecified atom stereocenters. The van der Waals surface area contributed by atoms with Crippen LogP contribution in [0.1, 0.15) is 0 Å². The molecule has 7 heteroatoms. The Labute approximate surface area is 86.7 Å². The van der Waals surface area contributed by atoms with Crippen LogP contribution in [-0.4, -0.2) is 25.4 Å². The maximum absolute atomic E-state index is 5.77. The molecule has 0 bridgehead atoms. The summed E-state index contributed by atoms with van der Waals surface area (Å²) < 4.78 is 0.654. The number of hydrogen-bond donors (Lipinski definition) is 1. The molecule has 0 aliphatic rings. The van der Waals surface area contributed by atoms with E-state index in [-0.39, 0.29) is 0 Å². The monoisotopic (exact) mass is 259 g/mol. The Hall–Kier alpha value is -1.01. The van der Waals surface area contributed by atoms with Crippen LogP contribution in [0.25, 0.3) is 11.5 Å². The molecule has 0 saturated heterocycles. The van der Waals surface area contributed by atoms with Crippen LogP contribution >= 0.6 is 27.5 Å². The third-order valence-electron chi connectivity index (χ3n) is 1.35. The molecule has 13 heavy (non-hydrogen) atoms. The summed E-state index contributed by atoms with van der Waals surface area (Å²) in [7, 11) is 0. The number of nitrogens with zero attached hydrogens (tertiary/aromatic N) is 4. The molecule has 1 N–H and O–H groups in total. The molecule has 2 rings (SSSR count). The SMILES string of the molecule is Clc1nc(-c2cn[nH]n2)ncc1Br. The van der Waals surface area contributed by atoms with Gasteiger partial charge in [0.15, 0.2) is 5.82 Å². The lowest BCUT2D eigenvalue weighted by Crippen LogP contribution is -1.89. The summed E-state index contributed by atoms with van der Waals surface area (Å²) in [6, 6.07) is 0. The van der Waals surface area contributed by atoms with Gasteiger partial charge in [0.2, 0.25) is 0 Å². The van der Waals surface area contributed by atoms with Gasteiger partial charge in [0.25, 0.3) is 0 Å². The van der Waals surface area contributed by atoms with Crippen molar-refractivity contribution < 1.29 is 0 Å². The molecule has 0 aliphatic heterocycles. The first-order chi connectivity index (χ1) is 6.27. The van der Waals surface area contributed by atoms with E-state index in [4.69, 9.17) is 11.6 Å². The first kappa shape index (κ1) is 8.58. The van der Waals surface area contributed by atoms with Gasteiger partial charge in [-0.2, -0.15) is 15.4 Å². The molecule has 0 aliphatic carbocycles. The lowest BCUT2D eigenvalue weighted by molar-refractivity contribution is 0.938. The maximum atomic E-state index is 5.77. The molecular formula is C6H3BrClN5. The fourth-order valence-electron chi connectivity index (χ4n) is 0.779. The molecule has 2 aromatic rings. The Morgan fingerprint density at radius 2 is 2.23 bits per heavy atom. The zero-order valence-electron chi connectivity index (χ0n) is 6.20. The molecule has 2 heterocycles. The second kappa shape index (κ2) is 3.39. The number of aromatic amines is 1. The Bertz CT molecular complexity index is 415. The van der Waals surface area contributed by atoms with E-state index in [0.717, 1.165) is 0 Å². The van der Waals surface area contributed by atoms with Gasteiger partial charge >= 0.3 is 0 Å². The summed E-state index contributed by atoms with van der Waals surface area (Å²) in [5.41, 5.74) is 0.564. The van der Waals surface area contributed by atoms with E-state index in [1.807, 2.05) is 0 Å². The molecule has 0 atom stereocenters. The predicted octanol–water partition coefficient (Wildman–Crippen LogP) is 1.68. The topological polar surface area (TPSA) is 67.3 Å². The van der Waals surface area contributed by atoms with Crippen molar-refractivity contribution in [3.8, 4) is 11.5 Å². The minimum absolute atomic E-state index is 0.355. The van der Waals surface area contributed by atoms with E-state index in [2.05, 4.69) is 41.3 Å². The Morgan fingerprint density at radius 3 is 2.85 bits per heavy atom. The molecule has 0 aromatic carbocycles. The van der Waals surface area contributed by atoms with Crippen LogP contribution in [0.3, 0.4) is 0 Å². The van der Waals surface area contributed by atoms with Gasteiger partial charge in [-0.1, -0.05) is 11.6 Å². The average molecular weight is 260 g/mol. The Morgan fingerprint density at radius 1 is 1.38 bits per heavy atom. The van der Waals surface area contributed by atoms with Gasteiger partial charge in [-0.05, 0) is 15.9 Å². The quantitative estimate of drug-likeness (QED) is 0.792. The third-order valence-corrected chi connectivity index (χ3v) is 2.44. The summed E-state index contributed by atoms with van der Waals surface area (Å²) in [5.74, 6) is 0.446. The van der Waals surface area contributed by atoms with E-state index >= 15 is 0 Å². The summed E-state index contributed by atoms with van der Waals surface area (Å²) in [4.78, 5) is 8.02. The summed E-state index contributed by atoms with van der Waals surface area (Å²) >= 11 is 8.97. The van der Waals surface area contributed by atoms with Crippen molar-refractivity contribution in [2.24, 2.45) is 0 Å². The molecular weight excluding hydrogens is 257 g/mol. The van der Waals surface area contributed by atoms with Crippen molar-refractivity contribution in [1.29, 1.82) is 0 Å². The highest BCUT2D eigenvalue weighted by Gasteiger charge is 2.06. The predicted molar refractivity (Wildman–Crippen MR) is 50.1 cm³/mol. The standard InChI is InChI=1S/C6H3BrClN5/c7-3-1-9-6(11-5(3)8)4-2-10-13-12-4/h1-2H,(H,10,12,13). The largest absolute Gasteiger partial charge is 0.234 e. The van der Waals surface area contributed by atoms with Gasteiger partial charge in [0, 0.05) is 6.20 Å². The fraction of sp³-hybridized carbons (Fsp3) is 0. The van der Waals surface area contributed by atoms with Crippen molar-refractivity contribution in [1.82, 2.24) is 25.4 Å². The van der Waals surface area contributed by atoms with Crippen LogP contribution in [0.15, 0.2) is 16.9 Å². The van der Waals surface area contributed by atoms with Crippen LogP contribution in [0.4, 0.5) is 0 Å². The minimum atomic E-state index is 0.355. The normalized spacial score (nSPS) is 10.3. The molecule has 5 nitrogen and oxygen atoms in total. The Balaban J connectivity index is 2.49. The molecule has 0 fully saturated rings. The maximum Gasteiger partial charge on any atom is 0.183 e. The second-order valence-electron chi connectivity index (χ2n) is 2.19. The summed E-state index contributed by atoms with van der Waals surface area (Å²) in [6.07, 6.45) is 3.10. The van der Waals surface area contributed by atoms with E-state index in [1.54, 1.807) is 6.20 Å². The molecule has 0 amide bonds. The summed E-state index contributed by atoms with van der Waals surface area (Å²) in [6.45, 7) is 0. The van der Waals surface area contributed by atoms with Crippen molar-refractivity contribution in [2.45, 2.75) is 0 Å². The first-order valence-electron chi connectivity index (χ1n) is 3.31. The van der Waals surface area contributed by atoms with Gasteiger partial charge in [-0.3, -0.25) is 0 Å². The van der Waals surface area contributed by atoms with Gasteiger partial charge in [-0.25, -0.2) is 9.97 Å². The number of halogens is 2. The highest BCUT2D eigenvalue weighted by molar-refractivity contribution is 9.10. The van der Waals surface area contributed by atoms with E-state index < -0.39 is 0 Å². The third kappa shape index (κ3) is 1.68. The lowest BCUT2D eigenvalue weighted by atomic mass is 10.4. The smallest absolute Gasteiger partial charge is 0.183 e. The zero-order valence-corrected chi connectivity index (χ0v) is 8.54. The molecule has 0 spiro atoms.